The van der Waals surface area contributed by atoms with Crippen molar-refractivity contribution in [3.05, 3.63) is 22.8 Å². The summed E-state index contributed by atoms with van der Waals surface area (Å²) in [6.07, 6.45) is 0. The lowest BCUT2D eigenvalue weighted by Crippen LogP contribution is -1.67. The fraction of sp³-hybridized carbons (Fsp3) is 0.429. The van der Waals surface area contributed by atoms with Gasteiger partial charge in [0.25, 0.3) is 0 Å². The molecule has 0 amide bonds. The number of rotatable bonds is 0. The van der Waals surface area contributed by atoms with Gasteiger partial charge in [-0.25, -0.2) is 0 Å². The van der Waals surface area contributed by atoms with E-state index in [1.54, 1.807) is 6.66 Å². The standard InChI is InChI=1S/C7H11OP/c1-6-4-9(3,8)5-7(6)2/h4-5H,1-3H3. The summed E-state index contributed by atoms with van der Waals surface area (Å²) in [6.45, 7) is 5.77. The number of hydrogen-bond acceptors (Lipinski definition) is 1. The zero-order valence-electron chi connectivity index (χ0n) is 6.01. The van der Waals surface area contributed by atoms with Gasteiger partial charge < -0.3 is 4.57 Å². The van der Waals surface area contributed by atoms with Crippen LogP contribution in [0.5, 0.6) is 0 Å². The minimum atomic E-state index is -1.98. The van der Waals surface area contributed by atoms with Crippen LogP contribution in [0.3, 0.4) is 0 Å². The Balaban J connectivity index is 3.11. The summed E-state index contributed by atoms with van der Waals surface area (Å²) in [5.41, 5.74) is 2.33. The first-order valence-electron chi connectivity index (χ1n) is 2.97. The average Bonchev–Trinajstić information content (AvgIpc) is 1.79. The van der Waals surface area contributed by atoms with Crippen molar-refractivity contribution in [3.8, 4) is 0 Å². The Morgan fingerprint density at radius 3 is 1.67 bits per heavy atom. The molecule has 0 saturated heterocycles. The summed E-state index contributed by atoms with van der Waals surface area (Å²) in [7, 11) is -1.98. The van der Waals surface area contributed by atoms with Crippen molar-refractivity contribution in [2.24, 2.45) is 0 Å². The highest BCUT2D eigenvalue weighted by molar-refractivity contribution is 7.69. The molecule has 0 bridgehead atoms. The van der Waals surface area contributed by atoms with Crippen molar-refractivity contribution in [2.75, 3.05) is 6.66 Å². The normalized spacial score (nSPS) is 23.4. The van der Waals surface area contributed by atoms with Gasteiger partial charge in [0, 0.05) is 0 Å². The summed E-state index contributed by atoms with van der Waals surface area (Å²) < 4.78 is 11.3. The maximum Gasteiger partial charge on any atom is 0.127 e. The van der Waals surface area contributed by atoms with Crippen LogP contribution < -0.4 is 0 Å². The molecule has 0 N–H and O–H groups in total. The van der Waals surface area contributed by atoms with E-state index in [0.717, 1.165) is 0 Å². The van der Waals surface area contributed by atoms with Crippen molar-refractivity contribution < 1.29 is 4.57 Å². The Morgan fingerprint density at radius 1 is 1.22 bits per heavy atom. The number of allylic oxidation sites excluding steroid dienone is 2. The summed E-state index contributed by atoms with van der Waals surface area (Å²) >= 11 is 0. The van der Waals surface area contributed by atoms with Gasteiger partial charge in [0.15, 0.2) is 0 Å². The van der Waals surface area contributed by atoms with Crippen LogP contribution >= 0.6 is 7.14 Å². The summed E-state index contributed by atoms with van der Waals surface area (Å²) in [5.74, 6) is 3.73. The maximum atomic E-state index is 11.3. The number of hydrogen-bond donors (Lipinski definition) is 0. The van der Waals surface area contributed by atoms with E-state index >= 15 is 0 Å². The summed E-state index contributed by atoms with van der Waals surface area (Å²) in [4.78, 5) is 0. The third-order valence-electron chi connectivity index (χ3n) is 1.52. The SMILES string of the molecule is CC1=CP(C)(=O)C=C1C. The molecule has 1 aliphatic heterocycles. The van der Waals surface area contributed by atoms with Crippen LogP contribution in [0.1, 0.15) is 13.8 Å². The quantitative estimate of drug-likeness (QED) is 0.475. The molecule has 0 spiro atoms. The minimum Gasteiger partial charge on any atom is -0.315 e. The Labute approximate surface area is 55.8 Å². The first kappa shape index (κ1) is 6.82. The van der Waals surface area contributed by atoms with Gasteiger partial charge in [0.05, 0.1) is 0 Å². The minimum absolute atomic E-state index is 1.17. The van der Waals surface area contributed by atoms with Crippen LogP contribution in [-0.4, -0.2) is 6.66 Å². The molecule has 0 fully saturated rings. The fourth-order valence-corrected chi connectivity index (χ4v) is 3.03. The van der Waals surface area contributed by atoms with E-state index < -0.39 is 7.14 Å². The molecule has 0 unspecified atom stereocenters. The topological polar surface area (TPSA) is 17.1 Å². The van der Waals surface area contributed by atoms with E-state index in [-0.39, 0.29) is 0 Å². The van der Waals surface area contributed by atoms with Crippen LogP contribution in [0, 0.1) is 0 Å². The lowest BCUT2D eigenvalue weighted by Gasteiger charge is -1.91. The van der Waals surface area contributed by atoms with Crippen LogP contribution in [0.2, 0.25) is 0 Å². The predicted octanol–water partition coefficient (Wildman–Crippen LogP) is 2.80. The van der Waals surface area contributed by atoms with E-state index in [2.05, 4.69) is 0 Å². The zero-order valence-corrected chi connectivity index (χ0v) is 6.90. The molecule has 0 aromatic carbocycles. The highest BCUT2D eigenvalue weighted by Gasteiger charge is 2.15. The molecular formula is C7H11OP. The molecule has 1 heterocycles. The third kappa shape index (κ3) is 1.34. The lowest BCUT2D eigenvalue weighted by atomic mass is 10.2. The summed E-state index contributed by atoms with van der Waals surface area (Å²) in [6, 6.07) is 0. The van der Waals surface area contributed by atoms with Crippen molar-refractivity contribution in [1.82, 2.24) is 0 Å². The van der Waals surface area contributed by atoms with Gasteiger partial charge in [-0.3, -0.25) is 0 Å². The molecular weight excluding hydrogens is 131 g/mol. The molecule has 1 rings (SSSR count). The molecule has 2 heteroatoms. The van der Waals surface area contributed by atoms with Crippen molar-refractivity contribution >= 4 is 7.14 Å². The van der Waals surface area contributed by atoms with Crippen LogP contribution in [0.25, 0.3) is 0 Å². The van der Waals surface area contributed by atoms with Gasteiger partial charge >= 0.3 is 0 Å². The lowest BCUT2D eigenvalue weighted by molar-refractivity contribution is 0.590. The van der Waals surface area contributed by atoms with E-state index in [4.69, 9.17) is 0 Å². The average molecular weight is 142 g/mol. The molecule has 1 nitrogen and oxygen atoms in total. The van der Waals surface area contributed by atoms with E-state index in [9.17, 15) is 4.57 Å². The van der Waals surface area contributed by atoms with Gasteiger partial charge in [0.2, 0.25) is 0 Å². The smallest absolute Gasteiger partial charge is 0.127 e. The molecule has 0 aromatic heterocycles. The molecule has 1 aliphatic rings. The van der Waals surface area contributed by atoms with Crippen molar-refractivity contribution in [3.63, 3.8) is 0 Å². The molecule has 9 heavy (non-hydrogen) atoms. The first-order chi connectivity index (χ1) is 4.01. The fourth-order valence-electron chi connectivity index (χ4n) is 1.01. The summed E-state index contributed by atoms with van der Waals surface area (Å²) in [5, 5.41) is 0. The maximum absolute atomic E-state index is 11.3. The Morgan fingerprint density at radius 2 is 1.56 bits per heavy atom. The second-order valence-electron chi connectivity index (χ2n) is 2.68. The Bertz CT molecular complexity index is 213. The Hall–Kier alpha value is -0.290. The molecule has 0 aromatic rings. The second-order valence-corrected chi connectivity index (χ2v) is 5.32. The van der Waals surface area contributed by atoms with Crippen molar-refractivity contribution in [2.45, 2.75) is 13.8 Å². The molecule has 0 radical (unpaired) electrons. The predicted molar refractivity (Wildman–Crippen MR) is 41.0 cm³/mol. The van der Waals surface area contributed by atoms with Gasteiger partial charge in [-0.2, -0.15) is 0 Å². The van der Waals surface area contributed by atoms with E-state index in [1.165, 1.54) is 11.1 Å². The zero-order chi connectivity index (χ0) is 7.07. The highest BCUT2D eigenvalue weighted by atomic mass is 31.2. The van der Waals surface area contributed by atoms with Gasteiger partial charge in [-0.15, -0.1) is 0 Å². The molecule has 50 valence electrons. The van der Waals surface area contributed by atoms with E-state index in [1.807, 2.05) is 25.5 Å². The van der Waals surface area contributed by atoms with Crippen LogP contribution in [0.4, 0.5) is 0 Å². The molecule has 0 aliphatic carbocycles. The van der Waals surface area contributed by atoms with Crippen molar-refractivity contribution in [1.29, 1.82) is 0 Å². The third-order valence-corrected chi connectivity index (χ3v) is 3.32. The first-order valence-corrected chi connectivity index (χ1v) is 5.27. The Kier molecular flexibility index (Phi) is 1.40. The van der Waals surface area contributed by atoms with Gasteiger partial charge in [0.1, 0.15) is 7.14 Å². The van der Waals surface area contributed by atoms with E-state index in [0.29, 0.717) is 0 Å². The monoisotopic (exact) mass is 142 g/mol. The highest BCUT2D eigenvalue weighted by Crippen LogP contribution is 2.52. The van der Waals surface area contributed by atoms with Gasteiger partial charge in [-0.1, -0.05) is 0 Å². The molecule has 0 atom stereocenters. The molecule has 0 saturated carbocycles. The van der Waals surface area contributed by atoms with Crippen LogP contribution in [-0.2, 0) is 4.57 Å². The second kappa shape index (κ2) is 1.85. The largest absolute Gasteiger partial charge is 0.315 e. The van der Waals surface area contributed by atoms with Crippen LogP contribution in [0.15, 0.2) is 22.8 Å². The van der Waals surface area contributed by atoms with Gasteiger partial charge in [-0.05, 0) is 43.3 Å².